The molecule has 0 atom stereocenters. The van der Waals surface area contributed by atoms with E-state index in [4.69, 9.17) is 0 Å². The molecule has 1 aliphatic rings. The summed E-state index contributed by atoms with van der Waals surface area (Å²) in [7, 11) is 1.33. The van der Waals surface area contributed by atoms with E-state index < -0.39 is 5.97 Å². The summed E-state index contributed by atoms with van der Waals surface area (Å²) >= 11 is 1.80. The van der Waals surface area contributed by atoms with Crippen molar-refractivity contribution in [3.63, 3.8) is 0 Å². The number of thioether (sulfide) groups is 1. The third kappa shape index (κ3) is 1.71. The first-order chi connectivity index (χ1) is 7.04. The highest BCUT2D eigenvalue weighted by atomic mass is 32.2. The molecule has 2 rings (SSSR count). The zero-order valence-corrected chi connectivity index (χ0v) is 9.72. The largest absolute Gasteiger partial charge is 0.463 e. The summed E-state index contributed by atoms with van der Waals surface area (Å²) in [5.41, 5.74) is 2.06. The van der Waals surface area contributed by atoms with E-state index in [0.29, 0.717) is 0 Å². The lowest BCUT2D eigenvalue weighted by Crippen LogP contribution is -2.15. The van der Waals surface area contributed by atoms with Crippen molar-refractivity contribution >= 4 is 17.7 Å². The van der Waals surface area contributed by atoms with Crippen LogP contribution in [0.1, 0.15) is 35.7 Å². The predicted octanol–water partition coefficient (Wildman–Crippen LogP) is 1.75. The van der Waals surface area contributed by atoms with E-state index in [1.807, 2.05) is 0 Å². The number of hydrogen-bond donors (Lipinski definition) is 0. The molecular weight excluding hydrogens is 212 g/mol. The highest BCUT2D eigenvalue weighted by molar-refractivity contribution is 7.99. The van der Waals surface area contributed by atoms with Gasteiger partial charge < -0.3 is 4.74 Å². The molecule has 0 saturated heterocycles. The number of methoxy groups -OCH3 is 1. The normalized spacial score (nSPS) is 17.3. The Kier molecular flexibility index (Phi) is 2.42. The predicted molar refractivity (Wildman–Crippen MR) is 57.7 cm³/mol. The Bertz CT molecular complexity index is 418. The lowest BCUT2D eigenvalue weighted by atomic mass is 10.1. The first kappa shape index (κ1) is 10.4. The number of hydrogen-bond acceptors (Lipinski definition) is 5. The number of nitrogens with zero attached hydrogens (tertiary/aromatic N) is 2. The van der Waals surface area contributed by atoms with Gasteiger partial charge in [0.05, 0.1) is 17.6 Å². The third-order valence-electron chi connectivity index (χ3n) is 2.39. The first-order valence-corrected chi connectivity index (χ1v) is 5.62. The van der Waals surface area contributed by atoms with Gasteiger partial charge in [0, 0.05) is 17.5 Å². The quantitative estimate of drug-likeness (QED) is 0.680. The average Bonchev–Trinajstić information content (AvgIpc) is 2.53. The van der Waals surface area contributed by atoms with Crippen LogP contribution in [-0.2, 0) is 15.2 Å². The summed E-state index contributed by atoms with van der Waals surface area (Å²) in [6.07, 6.45) is 1.72. The van der Waals surface area contributed by atoms with Crippen LogP contribution < -0.4 is 0 Å². The smallest absolute Gasteiger partial charge is 0.376 e. The third-order valence-corrected chi connectivity index (χ3v) is 3.76. The molecule has 4 nitrogen and oxygen atoms in total. The second kappa shape index (κ2) is 3.48. The number of carbonyl (C=O) groups excluding carboxylic acids is 1. The average molecular weight is 224 g/mol. The van der Waals surface area contributed by atoms with Crippen molar-refractivity contribution in [2.75, 3.05) is 7.11 Å². The minimum absolute atomic E-state index is 0.0406. The van der Waals surface area contributed by atoms with E-state index >= 15 is 0 Å². The first-order valence-electron chi connectivity index (χ1n) is 4.63. The lowest BCUT2D eigenvalue weighted by Gasteiger charge is -2.16. The zero-order chi connectivity index (χ0) is 11.1. The van der Waals surface area contributed by atoms with Gasteiger partial charge >= 0.3 is 5.97 Å². The number of carbonyl (C=O) groups is 1. The monoisotopic (exact) mass is 224 g/mol. The van der Waals surface area contributed by atoms with Gasteiger partial charge in [0.15, 0.2) is 0 Å². The maximum absolute atomic E-state index is 11.3. The van der Waals surface area contributed by atoms with Crippen molar-refractivity contribution in [1.29, 1.82) is 0 Å². The summed E-state index contributed by atoms with van der Waals surface area (Å²) in [5, 5.41) is 0. The minimum atomic E-state index is -0.481. The minimum Gasteiger partial charge on any atom is -0.463 e. The Labute approximate surface area is 92.5 Å². The van der Waals surface area contributed by atoms with Gasteiger partial charge in [-0.25, -0.2) is 14.8 Å². The number of ether oxygens (including phenoxy) is 1. The van der Waals surface area contributed by atoms with E-state index in [-0.39, 0.29) is 10.6 Å². The molecule has 1 aromatic heterocycles. The van der Waals surface area contributed by atoms with Crippen LogP contribution in [0, 0.1) is 0 Å². The second-order valence-corrected chi connectivity index (χ2v) is 5.46. The molecule has 0 aliphatic carbocycles. The van der Waals surface area contributed by atoms with Crippen molar-refractivity contribution in [2.24, 2.45) is 0 Å². The van der Waals surface area contributed by atoms with E-state index in [1.165, 1.54) is 7.11 Å². The van der Waals surface area contributed by atoms with E-state index in [1.54, 1.807) is 18.0 Å². The zero-order valence-electron chi connectivity index (χ0n) is 8.90. The Morgan fingerprint density at radius 1 is 1.60 bits per heavy atom. The molecule has 1 aromatic rings. The fourth-order valence-corrected chi connectivity index (χ4v) is 2.59. The van der Waals surface area contributed by atoms with Crippen molar-refractivity contribution < 1.29 is 9.53 Å². The van der Waals surface area contributed by atoms with E-state index in [0.717, 1.165) is 17.0 Å². The number of aromatic nitrogens is 2. The topological polar surface area (TPSA) is 52.1 Å². The van der Waals surface area contributed by atoms with E-state index in [2.05, 4.69) is 28.6 Å². The Balaban J connectivity index is 2.46. The SMILES string of the molecule is COC(=O)c1ncc2c(n1)C(C)(C)SC2. The van der Waals surface area contributed by atoms with Gasteiger partial charge in [-0.15, -0.1) is 11.8 Å². The fourth-order valence-electron chi connectivity index (χ4n) is 1.55. The molecule has 0 saturated carbocycles. The molecule has 0 spiro atoms. The van der Waals surface area contributed by atoms with Gasteiger partial charge in [-0.2, -0.15) is 0 Å². The van der Waals surface area contributed by atoms with Crippen LogP contribution in [-0.4, -0.2) is 23.0 Å². The van der Waals surface area contributed by atoms with Gasteiger partial charge in [0.1, 0.15) is 0 Å². The van der Waals surface area contributed by atoms with Crippen LogP contribution in [0.5, 0.6) is 0 Å². The maximum atomic E-state index is 11.3. The van der Waals surface area contributed by atoms with Gasteiger partial charge in [-0.1, -0.05) is 0 Å². The molecule has 2 heterocycles. The molecule has 0 aromatic carbocycles. The molecule has 0 N–H and O–H groups in total. The van der Waals surface area contributed by atoms with Crippen LogP contribution in [0.3, 0.4) is 0 Å². The summed E-state index contributed by atoms with van der Waals surface area (Å²) in [6.45, 7) is 4.19. The number of rotatable bonds is 1. The van der Waals surface area contributed by atoms with Crippen molar-refractivity contribution in [2.45, 2.75) is 24.3 Å². The Morgan fingerprint density at radius 3 is 3.00 bits per heavy atom. The second-order valence-electron chi connectivity index (χ2n) is 3.86. The van der Waals surface area contributed by atoms with Crippen LogP contribution in [0.2, 0.25) is 0 Å². The Morgan fingerprint density at radius 2 is 2.33 bits per heavy atom. The van der Waals surface area contributed by atoms with E-state index in [9.17, 15) is 4.79 Å². The summed E-state index contributed by atoms with van der Waals surface area (Å²) in [6, 6.07) is 0. The molecule has 0 fully saturated rings. The standard InChI is InChI=1S/C10H12N2O2S/c1-10(2)7-6(5-15-10)4-11-8(12-7)9(13)14-3/h4H,5H2,1-3H3. The van der Waals surface area contributed by atoms with Crippen LogP contribution in [0.15, 0.2) is 6.20 Å². The van der Waals surface area contributed by atoms with Crippen LogP contribution in [0.4, 0.5) is 0 Å². The Hall–Kier alpha value is -1.10. The van der Waals surface area contributed by atoms with Crippen LogP contribution >= 0.6 is 11.8 Å². The molecule has 1 aliphatic heterocycles. The lowest BCUT2D eigenvalue weighted by molar-refractivity contribution is 0.0586. The van der Waals surface area contributed by atoms with Gasteiger partial charge in [-0.05, 0) is 13.8 Å². The fraction of sp³-hybridized carbons (Fsp3) is 0.500. The summed E-state index contributed by atoms with van der Waals surface area (Å²) < 4.78 is 4.55. The highest BCUT2D eigenvalue weighted by Crippen LogP contribution is 2.44. The molecule has 80 valence electrons. The molecule has 0 radical (unpaired) electrons. The maximum Gasteiger partial charge on any atom is 0.376 e. The van der Waals surface area contributed by atoms with Crippen molar-refractivity contribution in [3.05, 3.63) is 23.3 Å². The van der Waals surface area contributed by atoms with Crippen molar-refractivity contribution in [3.8, 4) is 0 Å². The molecule has 0 bridgehead atoms. The molecular formula is C10H12N2O2S. The van der Waals surface area contributed by atoms with Gasteiger partial charge in [0.2, 0.25) is 5.82 Å². The van der Waals surface area contributed by atoms with Crippen LogP contribution in [0.25, 0.3) is 0 Å². The van der Waals surface area contributed by atoms with Gasteiger partial charge in [-0.3, -0.25) is 0 Å². The van der Waals surface area contributed by atoms with Crippen molar-refractivity contribution in [1.82, 2.24) is 9.97 Å². The number of esters is 1. The summed E-state index contributed by atoms with van der Waals surface area (Å²) in [5.74, 6) is 0.571. The highest BCUT2D eigenvalue weighted by Gasteiger charge is 2.33. The molecule has 5 heteroatoms. The number of fused-ring (bicyclic) bond motifs is 1. The molecule has 0 unspecified atom stereocenters. The summed E-state index contributed by atoms with van der Waals surface area (Å²) in [4.78, 5) is 19.5. The molecule has 15 heavy (non-hydrogen) atoms. The molecule has 0 amide bonds. The van der Waals surface area contributed by atoms with Gasteiger partial charge in [0.25, 0.3) is 0 Å².